The molecule has 3 aromatic rings. The summed E-state index contributed by atoms with van der Waals surface area (Å²) in [4.78, 5) is 23.2. The van der Waals surface area contributed by atoms with Crippen LogP contribution in [0.5, 0.6) is 0 Å². The quantitative estimate of drug-likeness (QED) is 0.568. The molecule has 0 spiro atoms. The van der Waals surface area contributed by atoms with Crippen LogP contribution in [0, 0.1) is 0 Å². The number of hydrogen-bond acceptors (Lipinski definition) is 4. The lowest BCUT2D eigenvalue weighted by atomic mass is 9.88. The average Bonchev–Trinajstić information content (AvgIpc) is 3.28. The van der Waals surface area contributed by atoms with Crippen molar-refractivity contribution >= 4 is 18.0 Å². The van der Waals surface area contributed by atoms with Crippen molar-refractivity contribution in [1.29, 1.82) is 0 Å². The third kappa shape index (κ3) is 4.05. The SMILES string of the molecule is CC(C)n1c(Sc2ccccc2)c(CC2(Cc3ccncc3)C=CC=N2)n(C)c1=O. The van der Waals surface area contributed by atoms with E-state index in [9.17, 15) is 4.79 Å². The molecule has 0 N–H and O–H groups in total. The first-order valence-corrected chi connectivity index (χ1v) is 11.0. The van der Waals surface area contributed by atoms with Crippen LogP contribution in [0.15, 0.2) is 86.7 Å². The lowest BCUT2D eigenvalue weighted by Crippen LogP contribution is -2.30. The van der Waals surface area contributed by atoms with E-state index in [0.29, 0.717) is 6.42 Å². The molecule has 2 aromatic heterocycles. The van der Waals surface area contributed by atoms with Gasteiger partial charge >= 0.3 is 5.69 Å². The normalized spacial score (nSPS) is 17.9. The lowest BCUT2D eigenvalue weighted by Gasteiger charge is -2.25. The minimum absolute atomic E-state index is 0.0171. The van der Waals surface area contributed by atoms with Crippen LogP contribution in [-0.2, 0) is 19.9 Å². The average molecular weight is 419 g/mol. The van der Waals surface area contributed by atoms with E-state index in [-0.39, 0.29) is 11.7 Å². The Labute approximate surface area is 181 Å². The number of imidazole rings is 1. The van der Waals surface area contributed by atoms with Gasteiger partial charge in [-0.05, 0) is 49.8 Å². The monoisotopic (exact) mass is 418 g/mol. The number of rotatable bonds is 7. The molecule has 1 aliphatic rings. The van der Waals surface area contributed by atoms with E-state index >= 15 is 0 Å². The van der Waals surface area contributed by atoms with Crippen LogP contribution in [0.4, 0.5) is 0 Å². The first-order valence-electron chi connectivity index (χ1n) is 10.1. The van der Waals surface area contributed by atoms with E-state index in [1.54, 1.807) is 16.3 Å². The molecule has 5 nitrogen and oxygen atoms in total. The van der Waals surface area contributed by atoms with Gasteiger partial charge in [0, 0.05) is 49.4 Å². The van der Waals surface area contributed by atoms with Gasteiger partial charge in [0.05, 0.1) is 11.2 Å². The topological polar surface area (TPSA) is 52.2 Å². The Morgan fingerprint density at radius 3 is 2.43 bits per heavy atom. The molecule has 154 valence electrons. The van der Waals surface area contributed by atoms with E-state index < -0.39 is 5.54 Å². The number of hydrogen-bond donors (Lipinski definition) is 0. The van der Waals surface area contributed by atoms with E-state index in [4.69, 9.17) is 4.99 Å². The second kappa shape index (κ2) is 8.48. The highest BCUT2D eigenvalue weighted by Crippen LogP contribution is 2.35. The highest BCUT2D eigenvalue weighted by atomic mass is 32.2. The number of benzene rings is 1. The molecular formula is C24H26N4OS. The summed E-state index contributed by atoms with van der Waals surface area (Å²) in [7, 11) is 1.87. The molecule has 30 heavy (non-hydrogen) atoms. The van der Waals surface area contributed by atoms with Crippen molar-refractivity contribution in [2.24, 2.45) is 12.0 Å². The summed E-state index contributed by atoms with van der Waals surface area (Å²) in [5.41, 5.74) is 1.81. The number of aromatic nitrogens is 3. The van der Waals surface area contributed by atoms with Crippen LogP contribution in [0.25, 0.3) is 0 Å². The van der Waals surface area contributed by atoms with Crippen molar-refractivity contribution < 1.29 is 0 Å². The van der Waals surface area contributed by atoms with Crippen LogP contribution < -0.4 is 5.69 Å². The molecule has 0 radical (unpaired) electrons. The van der Waals surface area contributed by atoms with Gasteiger partial charge in [0.25, 0.3) is 0 Å². The van der Waals surface area contributed by atoms with Gasteiger partial charge in [0.1, 0.15) is 5.03 Å². The largest absolute Gasteiger partial charge is 0.329 e. The molecule has 1 aromatic carbocycles. The predicted molar refractivity (Wildman–Crippen MR) is 123 cm³/mol. The maximum Gasteiger partial charge on any atom is 0.329 e. The minimum atomic E-state index is -0.402. The van der Waals surface area contributed by atoms with Crippen molar-refractivity contribution in [2.75, 3.05) is 0 Å². The lowest BCUT2D eigenvalue weighted by molar-refractivity contribution is 0.508. The van der Waals surface area contributed by atoms with Crippen molar-refractivity contribution in [3.05, 3.63) is 88.8 Å². The van der Waals surface area contributed by atoms with E-state index in [2.05, 4.69) is 37.0 Å². The molecule has 4 rings (SSSR count). The molecule has 1 aliphatic heterocycles. The fourth-order valence-corrected chi connectivity index (χ4v) is 5.11. The minimum Gasteiger partial charge on any atom is -0.298 e. The Morgan fingerprint density at radius 1 is 1.07 bits per heavy atom. The van der Waals surface area contributed by atoms with Gasteiger partial charge < -0.3 is 0 Å². The molecule has 0 saturated carbocycles. The summed E-state index contributed by atoms with van der Waals surface area (Å²) < 4.78 is 3.69. The highest BCUT2D eigenvalue weighted by molar-refractivity contribution is 7.99. The first-order chi connectivity index (χ1) is 14.5. The Hall–Kier alpha value is -2.86. The van der Waals surface area contributed by atoms with Crippen molar-refractivity contribution in [2.45, 2.75) is 48.2 Å². The van der Waals surface area contributed by atoms with Gasteiger partial charge in [0.15, 0.2) is 0 Å². The van der Waals surface area contributed by atoms with Crippen LogP contribution in [0.2, 0.25) is 0 Å². The molecule has 0 amide bonds. The van der Waals surface area contributed by atoms with Gasteiger partial charge in [-0.3, -0.25) is 19.1 Å². The smallest absolute Gasteiger partial charge is 0.298 e. The van der Waals surface area contributed by atoms with Gasteiger partial charge in [-0.2, -0.15) is 0 Å². The predicted octanol–water partition coefficient (Wildman–Crippen LogP) is 4.48. The molecule has 1 unspecified atom stereocenters. The summed E-state index contributed by atoms with van der Waals surface area (Å²) in [6.07, 6.45) is 11.1. The molecule has 0 saturated heterocycles. The maximum absolute atomic E-state index is 13.1. The standard InChI is InChI=1S/C24H26N4OS/c1-18(2)28-22(30-20-8-5-4-6-9-20)21(27(3)23(28)29)17-24(12-7-13-26-24)16-19-10-14-25-15-11-19/h4-15,18H,16-17H2,1-3H3. The van der Waals surface area contributed by atoms with Gasteiger partial charge in [-0.25, -0.2) is 4.79 Å². The van der Waals surface area contributed by atoms with Crippen molar-refractivity contribution in [1.82, 2.24) is 14.1 Å². The van der Waals surface area contributed by atoms with Crippen LogP contribution in [0.1, 0.15) is 31.1 Å². The number of nitrogens with zero attached hydrogens (tertiary/aromatic N) is 4. The molecule has 3 heterocycles. The van der Waals surface area contributed by atoms with E-state index in [1.165, 1.54) is 5.56 Å². The summed E-state index contributed by atoms with van der Waals surface area (Å²) in [6.45, 7) is 4.11. The number of aliphatic imine (C=N–C) groups is 1. The zero-order chi connectivity index (χ0) is 21.1. The molecule has 1 atom stereocenters. The summed E-state index contributed by atoms with van der Waals surface area (Å²) in [5, 5.41) is 0.994. The van der Waals surface area contributed by atoms with Gasteiger partial charge in [0.2, 0.25) is 0 Å². The zero-order valence-electron chi connectivity index (χ0n) is 17.5. The van der Waals surface area contributed by atoms with Gasteiger partial charge in [-0.15, -0.1) is 0 Å². The van der Waals surface area contributed by atoms with Crippen LogP contribution in [0.3, 0.4) is 0 Å². The van der Waals surface area contributed by atoms with Crippen LogP contribution in [-0.4, -0.2) is 25.9 Å². The van der Waals surface area contributed by atoms with Crippen molar-refractivity contribution in [3.8, 4) is 0 Å². The molecule has 0 aliphatic carbocycles. The third-order valence-electron chi connectivity index (χ3n) is 5.40. The number of allylic oxidation sites excluding steroid dienone is 1. The van der Waals surface area contributed by atoms with Gasteiger partial charge in [-0.1, -0.05) is 36.0 Å². The molecule has 0 bridgehead atoms. The van der Waals surface area contributed by atoms with Crippen molar-refractivity contribution in [3.63, 3.8) is 0 Å². The summed E-state index contributed by atoms with van der Waals surface area (Å²) >= 11 is 1.65. The Balaban J connectivity index is 1.77. The van der Waals surface area contributed by atoms with E-state index in [1.807, 2.05) is 66.6 Å². The third-order valence-corrected chi connectivity index (χ3v) is 6.53. The fourth-order valence-electron chi connectivity index (χ4n) is 3.88. The second-order valence-corrected chi connectivity index (χ2v) is 8.98. The summed E-state index contributed by atoms with van der Waals surface area (Å²) in [5.74, 6) is 0. The summed E-state index contributed by atoms with van der Waals surface area (Å²) in [6, 6.07) is 14.3. The first kappa shape index (κ1) is 20.4. The maximum atomic E-state index is 13.1. The second-order valence-electron chi connectivity index (χ2n) is 7.92. The Kier molecular flexibility index (Phi) is 5.77. The zero-order valence-corrected chi connectivity index (χ0v) is 18.3. The number of pyridine rings is 1. The molecular weight excluding hydrogens is 392 g/mol. The molecule has 0 fully saturated rings. The fraction of sp³-hybridized carbons (Fsp3) is 0.292. The Bertz CT molecular complexity index is 1120. The van der Waals surface area contributed by atoms with E-state index in [0.717, 1.165) is 22.0 Å². The Morgan fingerprint density at radius 2 is 1.80 bits per heavy atom. The molecule has 6 heteroatoms. The van der Waals surface area contributed by atoms with Crippen LogP contribution >= 0.6 is 11.8 Å². The highest BCUT2D eigenvalue weighted by Gasteiger charge is 2.33.